The molecular weight excluding hydrogens is 504 g/mol. The van der Waals surface area contributed by atoms with Crippen molar-refractivity contribution >= 4 is 14.3 Å². The van der Waals surface area contributed by atoms with E-state index >= 15 is 0 Å². The summed E-state index contributed by atoms with van der Waals surface area (Å²) in [6.07, 6.45) is 2.91. The van der Waals surface area contributed by atoms with Crippen molar-refractivity contribution in [2.24, 2.45) is 0 Å². The fraction of sp³-hybridized carbons (Fsp3) is 0.344. The number of oxazole rings is 1. The summed E-state index contributed by atoms with van der Waals surface area (Å²) in [4.78, 5) is 21.0. The van der Waals surface area contributed by atoms with Crippen LogP contribution < -0.4 is 0 Å². The van der Waals surface area contributed by atoms with E-state index in [1.807, 2.05) is 6.07 Å². The normalized spacial score (nSPS) is 12.8. The molecule has 0 amide bonds. The van der Waals surface area contributed by atoms with Gasteiger partial charge in [-0.1, -0.05) is 81.4 Å². The van der Waals surface area contributed by atoms with Crippen LogP contribution in [0, 0.1) is 0 Å². The Kier molecular flexibility index (Phi) is 8.82. The Hall–Kier alpha value is -3.55. The van der Waals surface area contributed by atoms with Crippen molar-refractivity contribution in [3.8, 4) is 22.6 Å². The van der Waals surface area contributed by atoms with Gasteiger partial charge in [0.2, 0.25) is 0 Å². The van der Waals surface area contributed by atoms with Crippen LogP contribution in [0.2, 0.25) is 18.1 Å². The van der Waals surface area contributed by atoms with Gasteiger partial charge in [-0.3, -0.25) is 0 Å². The maximum Gasteiger partial charge on any atom is 0.356 e. The Morgan fingerprint density at radius 1 is 0.949 bits per heavy atom. The summed E-state index contributed by atoms with van der Waals surface area (Å²) in [5, 5.41) is 0.0843. The summed E-state index contributed by atoms with van der Waals surface area (Å²) < 4.78 is 18.0. The summed E-state index contributed by atoms with van der Waals surface area (Å²) in [6, 6.07) is 24.2. The van der Waals surface area contributed by atoms with Crippen molar-refractivity contribution in [2.75, 3.05) is 6.61 Å². The largest absolute Gasteiger partial charge is 0.461 e. The second-order valence-corrected chi connectivity index (χ2v) is 15.9. The molecule has 39 heavy (non-hydrogen) atoms. The molecular formula is C32H38N2O4Si. The van der Waals surface area contributed by atoms with Crippen molar-refractivity contribution < 1.29 is 18.4 Å². The highest BCUT2D eigenvalue weighted by Crippen LogP contribution is 2.41. The zero-order chi connectivity index (χ0) is 28.0. The summed E-state index contributed by atoms with van der Waals surface area (Å²) >= 11 is 0. The van der Waals surface area contributed by atoms with Crippen molar-refractivity contribution in [1.82, 2.24) is 9.97 Å². The van der Waals surface area contributed by atoms with E-state index in [-0.39, 0.29) is 16.8 Å². The van der Waals surface area contributed by atoms with Crippen LogP contribution in [0.15, 0.2) is 83.4 Å². The van der Waals surface area contributed by atoms with Crippen molar-refractivity contribution in [2.45, 2.75) is 64.8 Å². The number of aryl methyl sites for hydroxylation is 1. The number of esters is 1. The van der Waals surface area contributed by atoms with Gasteiger partial charge in [-0.05, 0) is 60.3 Å². The number of benzene rings is 2. The van der Waals surface area contributed by atoms with E-state index in [4.69, 9.17) is 13.6 Å². The molecule has 7 heteroatoms. The monoisotopic (exact) mass is 542 g/mol. The van der Waals surface area contributed by atoms with E-state index in [0.29, 0.717) is 30.4 Å². The lowest BCUT2D eigenvalue weighted by Gasteiger charge is -2.39. The number of aromatic nitrogens is 2. The first-order valence-corrected chi connectivity index (χ1v) is 16.4. The highest BCUT2D eigenvalue weighted by atomic mass is 28.4. The van der Waals surface area contributed by atoms with Crippen LogP contribution in [0.25, 0.3) is 22.6 Å². The van der Waals surface area contributed by atoms with Gasteiger partial charge in [0, 0.05) is 6.42 Å². The van der Waals surface area contributed by atoms with Gasteiger partial charge < -0.3 is 13.6 Å². The first-order valence-electron chi connectivity index (χ1n) is 13.5. The molecule has 0 aliphatic heterocycles. The van der Waals surface area contributed by atoms with Crippen LogP contribution in [0.5, 0.6) is 0 Å². The topological polar surface area (TPSA) is 74.5 Å². The van der Waals surface area contributed by atoms with E-state index in [2.05, 4.69) is 92.4 Å². The molecule has 2 heterocycles. The van der Waals surface area contributed by atoms with Crippen LogP contribution in [0.4, 0.5) is 0 Å². The molecule has 6 nitrogen and oxygen atoms in total. The summed E-state index contributed by atoms with van der Waals surface area (Å²) in [7, 11) is -2.04. The van der Waals surface area contributed by atoms with Crippen molar-refractivity contribution in [1.29, 1.82) is 0 Å². The Balaban J connectivity index is 1.53. The minimum absolute atomic E-state index is 0.0843. The number of hydrogen-bond donors (Lipinski definition) is 0. The Morgan fingerprint density at radius 2 is 1.64 bits per heavy atom. The molecule has 0 N–H and O–H groups in total. The predicted octanol–water partition coefficient (Wildman–Crippen LogP) is 8.28. The van der Waals surface area contributed by atoms with Gasteiger partial charge in [0.25, 0.3) is 0 Å². The zero-order valence-corrected chi connectivity index (χ0v) is 24.7. The standard InChI is InChI=1S/C32H38N2O4Si/c1-7-36-31(35)27-15-11-14-26(34-27)29-22-33-30(37-29)21-20-28(38-39(5,6)32(2,3)4)25-18-16-24(17-19-25)23-12-9-8-10-13-23/h8-19,22,28H,7,20-21H2,1-6H3. The third-order valence-corrected chi connectivity index (χ3v) is 11.8. The molecule has 2 aromatic heterocycles. The molecule has 0 bridgehead atoms. The molecule has 4 rings (SSSR count). The highest BCUT2D eigenvalue weighted by molar-refractivity contribution is 6.74. The minimum atomic E-state index is -2.04. The lowest BCUT2D eigenvalue weighted by molar-refractivity contribution is 0.0519. The molecule has 0 radical (unpaired) electrons. The smallest absolute Gasteiger partial charge is 0.356 e. The van der Waals surface area contributed by atoms with E-state index < -0.39 is 14.3 Å². The minimum Gasteiger partial charge on any atom is -0.461 e. The van der Waals surface area contributed by atoms with E-state index in [1.54, 1.807) is 31.3 Å². The number of ether oxygens (including phenoxy) is 1. The fourth-order valence-corrected chi connectivity index (χ4v) is 5.36. The molecule has 4 aromatic rings. The number of carbonyl (C=O) groups excluding carboxylic acids is 1. The van der Waals surface area contributed by atoms with Crippen LogP contribution in [0.3, 0.4) is 0 Å². The Bertz CT molecular complexity index is 1380. The molecule has 0 spiro atoms. The molecule has 0 aliphatic carbocycles. The van der Waals surface area contributed by atoms with Gasteiger partial charge in [-0.15, -0.1) is 0 Å². The first-order chi connectivity index (χ1) is 18.6. The molecule has 0 saturated carbocycles. The summed E-state index contributed by atoms with van der Waals surface area (Å²) in [6.45, 7) is 13.4. The molecule has 0 fully saturated rings. The SMILES string of the molecule is CCOC(=O)c1cccc(-c2cnc(CCC(O[Si](C)(C)C(C)(C)C)c3ccc(-c4ccccc4)cc3)o2)n1. The molecule has 1 atom stereocenters. The van der Waals surface area contributed by atoms with Crippen molar-refractivity contribution in [3.63, 3.8) is 0 Å². The summed E-state index contributed by atoms with van der Waals surface area (Å²) in [5.41, 5.74) is 4.31. The van der Waals surface area contributed by atoms with E-state index in [9.17, 15) is 4.79 Å². The Labute approximate surface area is 232 Å². The van der Waals surface area contributed by atoms with Gasteiger partial charge in [0.05, 0.1) is 18.9 Å². The third kappa shape index (κ3) is 7.10. The maximum absolute atomic E-state index is 12.1. The molecule has 2 aromatic carbocycles. The van der Waals surface area contributed by atoms with Gasteiger partial charge in [-0.2, -0.15) is 0 Å². The lowest BCUT2D eigenvalue weighted by Crippen LogP contribution is -2.42. The van der Waals surface area contributed by atoms with Crippen LogP contribution >= 0.6 is 0 Å². The molecule has 0 saturated heterocycles. The van der Waals surface area contributed by atoms with Crippen LogP contribution in [-0.4, -0.2) is 30.9 Å². The number of hydrogen-bond acceptors (Lipinski definition) is 6. The summed E-state index contributed by atoms with van der Waals surface area (Å²) in [5.74, 6) is 0.672. The molecule has 1 unspecified atom stereocenters. The average Bonchev–Trinajstić information content (AvgIpc) is 3.40. The number of pyridine rings is 1. The average molecular weight is 543 g/mol. The van der Waals surface area contributed by atoms with Gasteiger partial charge in [0.15, 0.2) is 20.0 Å². The van der Waals surface area contributed by atoms with Gasteiger partial charge >= 0.3 is 5.97 Å². The molecule has 204 valence electrons. The molecule has 0 aliphatic rings. The van der Waals surface area contributed by atoms with Crippen molar-refractivity contribution in [3.05, 3.63) is 96.1 Å². The first kappa shape index (κ1) is 28.5. The second kappa shape index (κ2) is 12.1. The lowest BCUT2D eigenvalue weighted by atomic mass is 10.00. The third-order valence-electron chi connectivity index (χ3n) is 7.29. The second-order valence-electron chi connectivity index (χ2n) is 11.1. The quantitative estimate of drug-likeness (QED) is 0.148. The van der Waals surface area contributed by atoms with Crippen LogP contribution in [0.1, 0.15) is 62.2 Å². The van der Waals surface area contributed by atoms with E-state index in [1.165, 1.54) is 11.1 Å². The predicted molar refractivity (Wildman–Crippen MR) is 157 cm³/mol. The van der Waals surface area contributed by atoms with E-state index in [0.717, 1.165) is 12.0 Å². The number of nitrogens with zero attached hydrogens (tertiary/aromatic N) is 2. The number of rotatable bonds is 10. The number of carbonyl (C=O) groups is 1. The maximum atomic E-state index is 12.1. The zero-order valence-electron chi connectivity index (χ0n) is 23.7. The van der Waals surface area contributed by atoms with Gasteiger partial charge in [0.1, 0.15) is 11.4 Å². The fourth-order valence-electron chi connectivity index (χ4n) is 4.04. The highest BCUT2D eigenvalue weighted by Gasteiger charge is 2.39. The Morgan fingerprint density at radius 3 is 2.31 bits per heavy atom. The van der Waals surface area contributed by atoms with Gasteiger partial charge in [-0.25, -0.2) is 14.8 Å². The van der Waals surface area contributed by atoms with Crippen LogP contribution in [-0.2, 0) is 15.6 Å².